The fraction of sp³-hybridized carbons (Fsp3) is 0.875. The summed E-state index contributed by atoms with van der Waals surface area (Å²) in [5.41, 5.74) is 5.16. The Labute approximate surface area is 67.3 Å². The maximum atomic E-state index is 10.7. The third-order valence-corrected chi connectivity index (χ3v) is 2.45. The van der Waals surface area contributed by atoms with E-state index in [4.69, 9.17) is 5.73 Å². The van der Waals surface area contributed by atoms with Gasteiger partial charge in [0.25, 0.3) is 0 Å². The van der Waals surface area contributed by atoms with Gasteiger partial charge in [0.1, 0.15) is 0 Å². The molecule has 1 amide bonds. The van der Waals surface area contributed by atoms with Crippen molar-refractivity contribution in [3.05, 3.63) is 0 Å². The first-order valence-corrected chi connectivity index (χ1v) is 4.14. The highest BCUT2D eigenvalue weighted by Crippen LogP contribution is 2.21. The Balaban J connectivity index is 2.41. The zero-order valence-electron chi connectivity index (χ0n) is 7.13. The fourth-order valence-electron chi connectivity index (χ4n) is 1.49. The van der Waals surface area contributed by atoms with Crippen LogP contribution in [0.2, 0.25) is 0 Å². The Morgan fingerprint density at radius 1 is 1.64 bits per heavy atom. The monoisotopic (exact) mass is 156 g/mol. The lowest BCUT2D eigenvalue weighted by molar-refractivity contribution is -0.119. The summed E-state index contributed by atoms with van der Waals surface area (Å²) < 4.78 is 0. The van der Waals surface area contributed by atoms with Gasteiger partial charge < -0.3 is 11.1 Å². The predicted octanol–water partition coefficient (Wildman–Crippen LogP) is 0.106. The van der Waals surface area contributed by atoms with Crippen LogP contribution in [0, 0.1) is 11.8 Å². The van der Waals surface area contributed by atoms with Crippen LogP contribution in [0.25, 0.3) is 0 Å². The van der Waals surface area contributed by atoms with Gasteiger partial charge in [-0.1, -0.05) is 13.8 Å². The molecule has 0 spiro atoms. The van der Waals surface area contributed by atoms with Gasteiger partial charge in [0.05, 0.1) is 6.04 Å². The number of hydrogen-bond donors (Lipinski definition) is 2. The van der Waals surface area contributed by atoms with E-state index < -0.39 is 0 Å². The maximum Gasteiger partial charge on any atom is 0.234 e. The molecule has 1 rings (SSSR count). The second kappa shape index (κ2) is 3.22. The number of nitrogens with two attached hydrogens (primary N) is 1. The second-order valence-electron chi connectivity index (χ2n) is 3.60. The summed E-state index contributed by atoms with van der Waals surface area (Å²) >= 11 is 0. The van der Waals surface area contributed by atoms with E-state index in [9.17, 15) is 4.79 Å². The van der Waals surface area contributed by atoms with E-state index in [0.29, 0.717) is 11.8 Å². The zero-order chi connectivity index (χ0) is 8.43. The molecule has 0 bridgehead atoms. The van der Waals surface area contributed by atoms with Gasteiger partial charge in [-0.25, -0.2) is 0 Å². The molecule has 3 heteroatoms. The molecule has 0 aromatic carbocycles. The molecule has 64 valence electrons. The molecule has 0 aromatic heterocycles. The highest BCUT2D eigenvalue weighted by atomic mass is 16.1. The van der Waals surface area contributed by atoms with E-state index in [1.54, 1.807) is 0 Å². The van der Waals surface area contributed by atoms with Crippen molar-refractivity contribution >= 4 is 5.91 Å². The maximum absolute atomic E-state index is 10.7. The highest BCUT2D eigenvalue weighted by molar-refractivity contribution is 5.80. The van der Waals surface area contributed by atoms with Crippen LogP contribution in [0.3, 0.4) is 0 Å². The molecule has 1 fully saturated rings. The molecule has 0 aliphatic carbocycles. The number of carbonyl (C=O) groups is 1. The minimum atomic E-state index is -0.215. The van der Waals surface area contributed by atoms with Gasteiger partial charge in [-0.15, -0.1) is 0 Å². The smallest absolute Gasteiger partial charge is 0.234 e. The topological polar surface area (TPSA) is 55.1 Å². The van der Waals surface area contributed by atoms with Crippen molar-refractivity contribution in [2.75, 3.05) is 6.54 Å². The van der Waals surface area contributed by atoms with Crippen molar-refractivity contribution in [1.29, 1.82) is 0 Å². The first-order valence-electron chi connectivity index (χ1n) is 4.14. The summed E-state index contributed by atoms with van der Waals surface area (Å²) in [6.45, 7) is 5.29. The SMILES string of the molecule is CC(C)C1CNC(C(N)=O)C1. The van der Waals surface area contributed by atoms with Crippen molar-refractivity contribution in [2.24, 2.45) is 17.6 Å². The molecule has 3 nitrogen and oxygen atoms in total. The largest absolute Gasteiger partial charge is 0.368 e. The molecule has 3 N–H and O–H groups in total. The van der Waals surface area contributed by atoms with Gasteiger partial charge in [0, 0.05) is 0 Å². The number of amides is 1. The van der Waals surface area contributed by atoms with Crippen molar-refractivity contribution in [3.8, 4) is 0 Å². The first kappa shape index (κ1) is 8.53. The summed E-state index contributed by atoms with van der Waals surface area (Å²) in [4.78, 5) is 10.7. The zero-order valence-corrected chi connectivity index (χ0v) is 7.13. The molecule has 2 atom stereocenters. The summed E-state index contributed by atoms with van der Waals surface area (Å²) in [7, 11) is 0. The van der Waals surface area contributed by atoms with Gasteiger partial charge in [-0.2, -0.15) is 0 Å². The Morgan fingerprint density at radius 2 is 2.27 bits per heavy atom. The van der Waals surface area contributed by atoms with Gasteiger partial charge in [0.15, 0.2) is 0 Å². The number of rotatable bonds is 2. The second-order valence-corrected chi connectivity index (χ2v) is 3.60. The Kier molecular flexibility index (Phi) is 2.49. The Bertz CT molecular complexity index is 156. The third kappa shape index (κ3) is 1.93. The van der Waals surface area contributed by atoms with Crippen LogP contribution in [0.4, 0.5) is 0 Å². The number of hydrogen-bond acceptors (Lipinski definition) is 2. The van der Waals surface area contributed by atoms with Crippen LogP contribution in [0.1, 0.15) is 20.3 Å². The average Bonchev–Trinajstić information content (AvgIpc) is 2.33. The molecule has 11 heavy (non-hydrogen) atoms. The van der Waals surface area contributed by atoms with Gasteiger partial charge in [-0.3, -0.25) is 4.79 Å². The van der Waals surface area contributed by atoms with Crippen LogP contribution >= 0.6 is 0 Å². The molecule has 1 aliphatic heterocycles. The molecule has 0 aromatic rings. The lowest BCUT2D eigenvalue weighted by atomic mass is 9.93. The van der Waals surface area contributed by atoms with Crippen LogP contribution in [0.5, 0.6) is 0 Å². The minimum Gasteiger partial charge on any atom is -0.368 e. The van der Waals surface area contributed by atoms with E-state index in [1.165, 1.54) is 0 Å². The Morgan fingerprint density at radius 3 is 2.55 bits per heavy atom. The van der Waals surface area contributed by atoms with E-state index in [-0.39, 0.29) is 11.9 Å². The average molecular weight is 156 g/mol. The molecule has 1 aliphatic rings. The molecular weight excluding hydrogens is 140 g/mol. The molecular formula is C8H16N2O. The Hall–Kier alpha value is -0.570. The van der Waals surface area contributed by atoms with Crippen molar-refractivity contribution < 1.29 is 4.79 Å². The number of carbonyl (C=O) groups excluding carboxylic acids is 1. The van der Waals surface area contributed by atoms with Crippen LogP contribution in [-0.4, -0.2) is 18.5 Å². The summed E-state index contributed by atoms with van der Waals surface area (Å²) in [5.74, 6) is 1.05. The summed E-state index contributed by atoms with van der Waals surface area (Å²) in [5, 5.41) is 3.11. The fourth-order valence-corrected chi connectivity index (χ4v) is 1.49. The van der Waals surface area contributed by atoms with E-state index in [0.717, 1.165) is 13.0 Å². The third-order valence-electron chi connectivity index (χ3n) is 2.45. The first-order chi connectivity index (χ1) is 5.11. The summed E-state index contributed by atoms with van der Waals surface area (Å²) in [6.07, 6.45) is 0.910. The number of primary amides is 1. The van der Waals surface area contributed by atoms with Crippen LogP contribution in [0.15, 0.2) is 0 Å². The van der Waals surface area contributed by atoms with E-state index in [2.05, 4.69) is 19.2 Å². The normalized spacial score (nSPS) is 31.2. The van der Waals surface area contributed by atoms with Crippen molar-refractivity contribution in [1.82, 2.24) is 5.32 Å². The van der Waals surface area contributed by atoms with Crippen molar-refractivity contribution in [3.63, 3.8) is 0 Å². The van der Waals surface area contributed by atoms with E-state index in [1.807, 2.05) is 0 Å². The lowest BCUT2D eigenvalue weighted by Gasteiger charge is -2.11. The van der Waals surface area contributed by atoms with E-state index >= 15 is 0 Å². The highest BCUT2D eigenvalue weighted by Gasteiger charge is 2.29. The van der Waals surface area contributed by atoms with Gasteiger partial charge in [0.2, 0.25) is 5.91 Å². The molecule has 0 radical (unpaired) electrons. The molecule has 2 unspecified atom stereocenters. The molecule has 0 saturated carbocycles. The molecule has 1 heterocycles. The predicted molar refractivity (Wildman–Crippen MR) is 43.9 cm³/mol. The quantitative estimate of drug-likeness (QED) is 0.596. The van der Waals surface area contributed by atoms with Crippen molar-refractivity contribution in [2.45, 2.75) is 26.3 Å². The molecule has 1 saturated heterocycles. The standard InChI is InChI=1S/C8H16N2O/c1-5(2)6-3-7(8(9)11)10-4-6/h5-7,10H,3-4H2,1-2H3,(H2,9,11). The summed E-state index contributed by atoms with van der Waals surface area (Å²) in [6, 6.07) is -0.0811. The van der Waals surface area contributed by atoms with Gasteiger partial charge in [-0.05, 0) is 24.8 Å². The minimum absolute atomic E-state index is 0.0811. The van der Waals surface area contributed by atoms with Crippen LogP contribution in [-0.2, 0) is 4.79 Å². The lowest BCUT2D eigenvalue weighted by Crippen LogP contribution is -2.36. The number of nitrogens with one attached hydrogen (secondary N) is 1. The van der Waals surface area contributed by atoms with Crippen LogP contribution < -0.4 is 11.1 Å². The van der Waals surface area contributed by atoms with Gasteiger partial charge >= 0.3 is 0 Å².